The molecule has 2 aliphatic carbocycles. The fraction of sp³-hybridized carbons (Fsp3) is 0.222. The van der Waals surface area contributed by atoms with E-state index in [0.717, 1.165) is 11.5 Å². The first-order valence-electron chi connectivity index (χ1n) is 14.6. The van der Waals surface area contributed by atoms with Gasteiger partial charge in [0.05, 0.1) is 0 Å². The normalized spacial score (nSPS) is 18.8. The van der Waals surface area contributed by atoms with Crippen LogP contribution in [0.2, 0.25) is 0 Å². The summed E-state index contributed by atoms with van der Waals surface area (Å²) in [7, 11) is 0. The van der Waals surface area contributed by atoms with Crippen LogP contribution in [0.3, 0.4) is 0 Å². The Morgan fingerprint density at radius 3 is 1.31 bits per heavy atom. The Morgan fingerprint density at radius 1 is 0.452 bits per heavy atom. The van der Waals surface area contributed by atoms with Crippen molar-refractivity contribution in [1.82, 2.24) is 0 Å². The van der Waals surface area contributed by atoms with Gasteiger partial charge in [0.1, 0.15) is 32.9 Å². The van der Waals surface area contributed by atoms with E-state index < -0.39 is 0 Å². The Bertz CT molecular complexity index is 1970. The molecule has 42 heavy (non-hydrogen) atoms. The van der Waals surface area contributed by atoms with E-state index in [1.54, 1.807) is 0 Å². The minimum atomic E-state index is -0.0136. The SMILES string of the molecule is c1cc2c3c(c1)ccc1cc(OCCOc4cc5c6c(ccc7cccc(c76)C56SCCS6)c4)cc(c13)C21SCCS1. The van der Waals surface area contributed by atoms with Gasteiger partial charge >= 0.3 is 0 Å². The van der Waals surface area contributed by atoms with Gasteiger partial charge in [0.2, 0.25) is 0 Å². The van der Waals surface area contributed by atoms with Crippen molar-refractivity contribution in [1.29, 1.82) is 0 Å². The quantitative estimate of drug-likeness (QED) is 0.140. The van der Waals surface area contributed by atoms with E-state index in [1.807, 2.05) is 0 Å². The second-order valence-electron chi connectivity index (χ2n) is 11.4. The van der Waals surface area contributed by atoms with Crippen LogP contribution in [0.25, 0.3) is 43.1 Å². The van der Waals surface area contributed by atoms with Gasteiger partial charge in [-0.05, 0) is 89.6 Å². The van der Waals surface area contributed by atoms with Gasteiger partial charge in [0.25, 0.3) is 0 Å². The molecular formula is C36H26O2S4. The molecule has 0 N–H and O–H groups in total. The Kier molecular flexibility index (Phi) is 5.28. The lowest BCUT2D eigenvalue weighted by Crippen LogP contribution is -2.14. The van der Waals surface area contributed by atoms with Crippen LogP contribution >= 0.6 is 47.0 Å². The zero-order valence-corrected chi connectivity index (χ0v) is 26.0. The second-order valence-corrected chi connectivity index (χ2v) is 17.2. The van der Waals surface area contributed by atoms with Crippen LogP contribution in [-0.4, -0.2) is 36.2 Å². The number of hydrogen-bond acceptors (Lipinski definition) is 6. The minimum absolute atomic E-state index is 0.0136. The molecule has 0 unspecified atom stereocenters. The number of thioether (sulfide) groups is 4. The standard InChI is InChI=1S/C36H26O2S4/c1-3-21-7-9-23-17-25(19-29-33(23)31(21)27(5-1)35(29)39-13-14-40-35)37-11-12-38-26-18-24-10-8-22-4-2-6-28-32(22)34(24)30(20-26)36(28)41-15-16-42-36/h1-10,17-20H,11-16H2. The van der Waals surface area contributed by atoms with Crippen LogP contribution in [0.5, 0.6) is 11.5 Å². The predicted octanol–water partition coefficient (Wildman–Crippen LogP) is 9.75. The maximum atomic E-state index is 6.42. The first kappa shape index (κ1) is 24.8. The third-order valence-corrected chi connectivity index (χ3v) is 16.2. The Labute approximate surface area is 261 Å². The summed E-state index contributed by atoms with van der Waals surface area (Å²) in [6.07, 6.45) is 0. The Morgan fingerprint density at radius 2 is 0.857 bits per heavy atom. The molecule has 2 heterocycles. The van der Waals surface area contributed by atoms with E-state index in [0.29, 0.717) is 13.2 Å². The van der Waals surface area contributed by atoms with Gasteiger partial charge in [-0.1, -0.05) is 60.7 Å². The highest BCUT2D eigenvalue weighted by molar-refractivity contribution is 8.21. The van der Waals surface area contributed by atoms with Crippen LogP contribution < -0.4 is 9.47 Å². The average Bonchev–Trinajstić information content (AvgIpc) is 3.82. The summed E-state index contributed by atoms with van der Waals surface area (Å²) in [6, 6.07) is 31.7. The summed E-state index contributed by atoms with van der Waals surface area (Å²) in [5.74, 6) is 6.59. The summed E-state index contributed by atoms with van der Waals surface area (Å²) in [6.45, 7) is 1.02. The third-order valence-electron chi connectivity index (χ3n) is 9.29. The molecule has 6 heteroatoms. The number of rotatable bonds is 5. The first-order chi connectivity index (χ1) is 20.8. The lowest BCUT2D eigenvalue weighted by atomic mass is 10.0. The van der Waals surface area contributed by atoms with Crippen molar-refractivity contribution in [2.45, 2.75) is 8.16 Å². The molecule has 10 rings (SSSR count). The molecule has 0 amide bonds. The summed E-state index contributed by atoms with van der Waals surface area (Å²) < 4.78 is 12.8. The Hall–Kier alpha value is -2.64. The molecule has 206 valence electrons. The van der Waals surface area contributed by atoms with Crippen molar-refractivity contribution < 1.29 is 9.47 Å². The van der Waals surface area contributed by atoms with Gasteiger partial charge in [-0.3, -0.25) is 0 Å². The van der Waals surface area contributed by atoms with Crippen molar-refractivity contribution >= 4 is 90.1 Å². The van der Waals surface area contributed by atoms with Crippen molar-refractivity contribution in [2.24, 2.45) is 0 Å². The molecule has 0 saturated carbocycles. The molecule has 6 aromatic rings. The molecule has 6 aromatic carbocycles. The molecule has 2 saturated heterocycles. The van der Waals surface area contributed by atoms with Crippen molar-refractivity contribution in [2.75, 3.05) is 36.2 Å². The molecule has 2 fully saturated rings. The van der Waals surface area contributed by atoms with Crippen LogP contribution in [0.15, 0.2) is 84.9 Å². The van der Waals surface area contributed by atoms with Gasteiger partial charge in [-0.2, -0.15) is 0 Å². The van der Waals surface area contributed by atoms with Crippen molar-refractivity contribution in [3.8, 4) is 11.5 Å². The van der Waals surface area contributed by atoms with E-state index in [4.69, 9.17) is 9.47 Å². The average molecular weight is 619 g/mol. The van der Waals surface area contributed by atoms with Gasteiger partial charge in [0, 0.05) is 23.0 Å². The lowest BCUT2D eigenvalue weighted by Gasteiger charge is -2.25. The highest BCUT2D eigenvalue weighted by atomic mass is 32.2. The molecular weight excluding hydrogens is 593 g/mol. The molecule has 0 atom stereocenters. The molecule has 2 nitrogen and oxygen atoms in total. The van der Waals surface area contributed by atoms with Crippen LogP contribution in [0.1, 0.15) is 22.3 Å². The molecule has 0 aromatic heterocycles. The van der Waals surface area contributed by atoms with Crippen LogP contribution in [-0.2, 0) is 8.16 Å². The molecule has 0 bridgehead atoms. The minimum Gasteiger partial charge on any atom is -0.490 e. The largest absolute Gasteiger partial charge is 0.490 e. The van der Waals surface area contributed by atoms with E-state index >= 15 is 0 Å². The first-order valence-corrected chi connectivity index (χ1v) is 18.5. The Balaban J connectivity index is 0.952. The predicted molar refractivity (Wildman–Crippen MR) is 185 cm³/mol. The zero-order chi connectivity index (χ0) is 27.5. The highest BCUT2D eigenvalue weighted by Crippen LogP contribution is 2.65. The number of hydrogen-bond donors (Lipinski definition) is 0. The topological polar surface area (TPSA) is 18.5 Å². The smallest absolute Gasteiger partial charge is 0.122 e. The summed E-state index contributed by atoms with van der Waals surface area (Å²) in [5.41, 5.74) is 5.76. The van der Waals surface area contributed by atoms with Gasteiger partial charge < -0.3 is 9.47 Å². The summed E-state index contributed by atoms with van der Waals surface area (Å²) in [4.78, 5) is 0. The number of ether oxygens (including phenoxy) is 2. The highest BCUT2D eigenvalue weighted by Gasteiger charge is 2.47. The maximum Gasteiger partial charge on any atom is 0.122 e. The van der Waals surface area contributed by atoms with E-state index in [-0.39, 0.29) is 8.16 Å². The summed E-state index contributed by atoms with van der Waals surface area (Å²) in [5, 5.41) is 10.9. The van der Waals surface area contributed by atoms with Gasteiger partial charge in [0.15, 0.2) is 0 Å². The van der Waals surface area contributed by atoms with E-state index in [9.17, 15) is 0 Å². The maximum absolute atomic E-state index is 6.42. The monoisotopic (exact) mass is 618 g/mol. The van der Waals surface area contributed by atoms with Gasteiger partial charge in [-0.15, -0.1) is 47.0 Å². The molecule has 0 radical (unpaired) electrons. The number of fused-ring (bicyclic) bond motifs is 4. The van der Waals surface area contributed by atoms with Crippen LogP contribution in [0.4, 0.5) is 0 Å². The van der Waals surface area contributed by atoms with Crippen molar-refractivity contribution in [3.63, 3.8) is 0 Å². The molecule has 4 aliphatic rings. The fourth-order valence-electron chi connectivity index (χ4n) is 7.72. The lowest BCUT2D eigenvalue weighted by molar-refractivity contribution is 0.217. The summed E-state index contributed by atoms with van der Waals surface area (Å²) >= 11 is 8.33. The zero-order valence-electron chi connectivity index (χ0n) is 22.8. The second kappa shape index (κ2) is 8.95. The van der Waals surface area contributed by atoms with E-state index in [2.05, 4.69) is 132 Å². The number of benzene rings is 6. The van der Waals surface area contributed by atoms with Crippen LogP contribution in [0, 0.1) is 0 Å². The molecule has 2 aliphatic heterocycles. The fourth-order valence-corrected chi connectivity index (χ4v) is 14.4. The molecule has 2 spiro atoms. The van der Waals surface area contributed by atoms with Crippen molar-refractivity contribution in [3.05, 3.63) is 107 Å². The van der Waals surface area contributed by atoms with E-state index in [1.165, 1.54) is 88.4 Å². The van der Waals surface area contributed by atoms with Gasteiger partial charge in [-0.25, -0.2) is 0 Å². The third kappa shape index (κ3) is 3.19.